The second-order valence-electron chi connectivity index (χ2n) is 6.67. The average molecular weight is 418 g/mol. The Morgan fingerprint density at radius 1 is 1.11 bits per heavy atom. The summed E-state index contributed by atoms with van der Waals surface area (Å²) in [6.45, 7) is 1.77. The van der Waals surface area contributed by atoms with Gasteiger partial charge in [-0.05, 0) is 43.9 Å². The fraction of sp³-hybridized carbons (Fsp3) is 0.238. The molecule has 0 aliphatic carbocycles. The Morgan fingerprint density at radius 3 is 2.50 bits per heavy atom. The standard InChI is InChI=1S/C21H21ClFN3OS/c1-25(2)11-12-26(14-15-7-9-16(22)10-8-15)21(27)19-13-24-20(28-19)17-5-3-4-6-18(17)23/h3-10,13H,11-12,14H2,1-2H3. The number of aromatic nitrogens is 1. The summed E-state index contributed by atoms with van der Waals surface area (Å²) in [4.78, 5) is 21.7. The van der Waals surface area contributed by atoms with Gasteiger partial charge in [0, 0.05) is 30.2 Å². The van der Waals surface area contributed by atoms with E-state index in [0.717, 1.165) is 12.1 Å². The predicted octanol–water partition coefficient (Wildman–Crippen LogP) is 4.81. The summed E-state index contributed by atoms with van der Waals surface area (Å²) in [6.07, 6.45) is 1.53. The number of carbonyl (C=O) groups excluding carboxylic acids is 1. The van der Waals surface area contributed by atoms with Crippen LogP contribution in [0.2, 0.25) is 5.02 Å². The lowest BCUT2D eigenvalue weighted by Gasteiger charge is -2.24. The molecule has 28 heavy (non-hydrogen) atoms. The molecule has 0 radical (unpaired) electrons. The van der Waals surface area contributed by atoms with E-state index >= 15 is 0 Å². The van der Waals surface area contributed by atoms with E-state index in [2.05, 4.69) is 4.98 Å². The van der Waals surface area contributed by atoms with Gasteiger partial charge < -0.3 is 9.80 Å². The average Bonchev–Trinajstić information content (AvgIpc) is 3.16. The Bertz CT molecular complexity index is 943. The van der Waals surface area contributed by atoms with Crippen molar-refractivity contribution in [3.63, 3.8) is 0 Å². The SMILES string of the molecule is CN(C)CCN(Cc1ccc(Cl)cc1)C(=O)c1cnc(-c2ccccc2F)s1. The Hall–Kier alpha value is -2.28. The number of carbonyl (C=O) groups is 1. The van der Waals surface area contributed by atoms with E-state index in [1.54, 1.807) is 23.1 Å². The Balaban J connectivity index is 1.82. The van der Waals surface area contributed by atoms with Crippen LogP contribution >= 0.6 is 22.9 Å². The lowest BCUT2D eigenvalue weighted by atomic mass is 10.2. The fourth-order valence-corrected chi connectivity index (χ4v) is 3.71. The number of hydrogen-bond acceptors (Lipinski definition) is 4. The third-order valence-corrected chi connectivity index (χ3v) is 5.48. The van der Waals surface area contributed by atoms with Crippen LogP contribution in [0.1, 0.15) is 15.2 Å². The zero-order valence-corrected chi connectivity index (χ0v) is 17.3. The van der Waals surface area contributed by atoms with Crippen LogP contribution in [0.15, 0.2) is 54.7 Å². The van der Waals surface area contributed by atoms with E-state index in [9.17, 15) is 9.18 Å². The zero-order valence-electron chi connectivity index (χ0n) is 15.7. The molecule has 0 N–H and O–H groups in total. The number of hydrogen-bond donors (Lipinski definition) is 0. The van der Waals surface area contributed by atoms with Crippen LogP contribution in [0.4, 0.5) is 4.39 Å². The van der Waals surface area contributed by atoms with Gasteiger partial charge in [0.15, 0.2) is 0 Å². The molecule has 1 amide bonds. The number of thiazole rings is 1. The first-order valence-corrected chi connectivity index (χ1v) is 10.0. The van der Waals surface area contributed by atoms with Crippen molar-refractivity contribution >= 4 is 28.8 Å². The molecule has 0 saturated carbocycles. The lowest BCUT2D eigenvalue weighted by Crippen LogP contribution is -2.35. The van der Waals surface area contributed by atoms with E-state index in [1.807, 2.05) is 43.3 Å². The number of nitrogens with zero attached hydrogens (tertiary/aromatic N) is 3. The summed E-state index contributed by atoms with van der Waals surface area (Å²) in [7, 11) is 3.93. The highest BCUT2D eigenvalue weighted by Gasteiger charge is 2.20. The number of likely N-dealkylation sites (N-methyl/N-ethyl adjacent to an activating group) is 1. The summed E-state index contributed by atoms with van der Waals surface area (Å²) in [5.74, 6) is -0.460. The Morgan fingerprint density at radius 2 is 1.82 bits per heavy atom. The summed E-state index contributed by atoms with van der Waals surface area (Å²) in [5, 5.41) is 1.16. The van der Waals surface area contributed by atoms with Crippen LogP contribution in [0, 0.1) is 5.82 Å². The van der Waals surface area contributed by atoms with Gasteiger partial charge in [0.05, 0.1) is 6.20 Å². The Labute approximate surface area is 173 Å². The normalized spacial score (nSPS) is 11.0. The van der Waals surface area contributed by atoms with Gasteiger partial charge in [-0.2, -0.15) is 0 Å². The topological polar surface area (TPSA) is 36.4 Å². The van der Waals surface area contributed by atoms with Crippen molar-refractivity contribution in [2.45, 2.75) is 6.54 Å². The number of benzene rings is 2. The number of amides is 1. The third kappa shape index (κ3) is 5.16. The van der Waals surface area contributed by atoms with Gasteiger partial charge in [0.2, 0.25) is 0 Å². The van der Waals surface area contributed by atoms with Crippen molar-refractivity contribution in [2.75, 3.05) is 27.2 Å². The van der Waals surface area contributed by atoms with E-state index in [-0.39, 0.29) is 11.7 Å². The van der Waals surface area contributed by atoms with Crippen LogP contribution in [-0.2, 0) is 6.54 Å². The first-order chi connectivity index (χ1) is 13.4. The fourth-order valence-electron chi connectivity index (χ4n) is 2.67. The van der Waals surface area contributed by atoms with Gasteiger partial charge in [-0.25, -0.2) is 9.37 Å². The molecule has 3 rings (SSSR count). The highest BCUT2D eigenvalue weighted by Crippen LogP contribution is 2.28. The molecule has 4 nitrogen and oxygen atoms in total. The molecule has 146 valence electrons. The second-order valence-corrected chi connectivity index (χ2v) is 8.13. The highest BCUT2D eigenvalue weighted by atomic mass is 35.5. The van der Waals surface area contributed by atoms with Crippen molar-refractivity contribution in [2.24, 2.45) is 0 Å². The summed E-state index contributed by atoms with van der Waals surface area (Å²) in [6, 6.07) is 13.9. The van der Waals surface area contributed by atoms with Gasteiger partial charge >= 0.3 is 0 Å². The van der Waals surface area contributed by atoms with Crippen molar-refractivity contribution in [1.29, 1.82) is 0 Å². The van der Waals surface area contributed by atoms with Crippen molar-refractivity contribution in [1.82, 2.24) is 14.8 Å². The maximum Gasteiger partial charge on any atom is 0.265 e. The van der Waals surface area contributed by atoms with Crippen molar-refractivity contribution in [3.8, 4) is 10.6 Å². The maximum absolute atomic E-state index is 14.0. The first kappa shape index (κ1) is 20.5. The molecule has 0 aliphatic rings. The molecular weight excluding hydrogens is 397 g/mol. The monoisotopic (exact) mass is 417 g/mol. The van der Waals surface area contributed by atoms with E-state index in [1.165, 1.54) is 23.6 Å². The first-order valence-electron chi connectivity index (χ1n) is 8.83. The van der Waals surface area contributed by atoms with Crippen LogP contribution in [0.25, 0.3) is 10.6 Å². The third-order valence-electron chi connectivity index (χ3n) is 4.21. The Kier molecular flexibility index (Phi) is 6.78. The molecule has 2 aromatic carbocycles. The molecule has 0 saturated heterocycles. The molecule has 0 atom stereocenters. The molecule has 3 aromatic rings. The molecule has 7 heteroatoms. The minimum atomic E-state index is -0.346. The van der Waals surface area contributed by atoms with Gasteiger partial charge in [0.1, 0.15) is 15.7 Å². The van der Waals surface area contributed by atoms with Crippen molar-refractivity contribution in [3.05, 3.63) is 76.0 Å². The zero-order chi connectivity index (χ0) is 20.1. The van der Waals surface area contributed by atoms with E-state index in [4.69, 9.17) is 11.6 Å². The van der Waals surface area contributed by atoms with E-state index < -0.39 is 0 Å². The van der Waals surface area contributed by atoms with Gasteiger partial charge in [-0.15, -0.1) is 11.3 Å². The lowest BCUT2D eigenvalue weighted by molar-refractivity contribution is 0.0736. The van der Waals surface area contributed by atoms with Crippen molar-refractivity contribution < 1.29 is 9.18 Å². The predicted molar refractivity (Wildman–Crippen MR) is 112 cm³/mol. The minimum Gasteiger partial charge on any atom is -0.332 e. The largest absolute Gasteiger partial charge is 0.332 e. The van der Waals surface area contributed by atoms with Gasteiger partial charge in [0.25, 0.3) is 5.91 Å². The molecule has 0 unspecified atom stereocenters. The highest BCUT2D eigenvalue weighted by molar-refractivity contribution is 7.16. The molecule has 0 spiro atoms. The summed E-state index contributed by atoms with van der Waals surface area (Å²) in [5.41, 5.74) is 1.40. The number of halogens is 2. The van der Waals surface area contributed by atoms with Gasteiger partial charge in [-0.1, -0.05) is 35.9 Å². The van der Waals surface area contributed by atoms with Gasteiger partial charge in [-0.3, -0.25) is 4.79 Å². The molecule has 0 aliphatic heterocycles. The molecule has 0 bridgehead atoms. The molecule has 1 aromatic heterocycles. The summed E-state index contributed by atoms with van der Waals surface area (Å²) >= 11 is 7.17. The second kappa shape index (κ2) is 9.28. The molecule has 1 heterocycles. The molecular formula is C21H21ClFN3OS. The van der Waals surface area contributed by atoms with Crippen LogP contribution in [0.3, 0.4) is 0 Å². The van der Waals surface area contributed by atoms with Crippen LogP contribution in [0.5, 0.6) is 0 Å². The summed E-state index contributed by atoms with van der Waals surface area (Å²) < 4.78 is 14.0. The minimum absolute atomic E-state index is 0.114. The number of rotatable bonds is 7. The quantitative estimate of drug-likeness (QED) is 0.553. The molecule has 0 fully saturated rings. The smallest absolute Gasteiger partial charge is 0.265 e. The van der Waals surface area contributed by atoms with Crippen LogP contribution < -0.4 is 0 Å². The van der Waals surface area contributed by atoms with Crippen LogP contribution in [-0.4, -0.2) is 47.9 Å². The van der Waals surface area contributed by atoms with E-state index in [0.29, 0.717) is 33.6 Å². The maximum atomic E-state index is 14.0.